The molecule has 1 aromatic carbocycles. The highest BCUT2D eigenvalue weighted by Crippen LogP contribution is 2.35. The van der Waals surface area contributed by atoms with E-state index in [0.717, 1.165) is 6.42 Å². The van der Waals surface area contributed by atoms with Gasteiger partial charge >= 0.3 is 0 Å². The van der Waals surface area contributed by atoms with Gasteiger partial charge in [0.1, 0.15) is 6.61 Å². The molecular weight excluding hydrogens is 256 g/mol. The van der Waals surface area contributed by atoms with Gasteiger partial charge in [-0.2, -0.15) is 0 Å². The largest absolute Gasteiger partial charge is 0.489 e. The van der Waals surface area contributed by atoms with Crippen LogP contribution in [0.15, 0.2) is 12.1 Å². The zero-order valence-electron chi connectivity index (χ0n) is 8.27. The fourth-order valence-corrected chi connectivity index (χ4v) is 1.90. The molecule has 2 N–H and O–H groups in total. The molecule has 15 heavy (non-hydrogen) atoms. The Morgan fingerprint density at radius 1 is 1.27 bits per heavy atom. The monoisotopic (exact) mass is 267 g/mol. The van der Waals surface area contributed by atoms with Gasteiger partial charge in [0, 0.05) is 11.1 Å². The summed E-state index contributed by atoms with van der Waals surface area (Å²) in [6.07, 6.45) is 0.836. The molecule has 0 heterocycles. The van der Waals surface area contributed by atoms with Gasteiger partial charge in [0.25, 0.3) is 0 Å². The molecule has 0 aliphatic heterocycles. The lowest BCUT2D eigenvalue weighted by Crippen LogP contribution is -2.26. The number of nitrogens with two attached hydrogens (primary N) is 1. The molecule has 1 rings (SSSR count). The molecule has 5 heteroatoms. The van der Waals surface area contributed by atoms with Crippen molar-refractivity contribution in [2.45, 2.75) is 19.4 Å². The number of hydrogen-bond donors (Lipinski definition) is 1. The summed E-state index contributed by atoms with van der Waals surface area (Å²) in [6.45, 7) is 2.37. The Morgan fingerprint density at radius 3 is 2.27 bits per heavy atom. The summed E-state index contributed by atoms with van der Waals surface area (Å²) in [6, 6.07) is 3.15. The average molecular weight is 269 g/mol. The van der Waals surface area contributed by atoms with Crippen LogP contribution in [0.1, 0.15) is 13.3 Å². The van der Waals surface area contributed by atoms with Crippen molar-refractivity contribution in [3.05, 3.63) is 27.2 Å². The first kappa shape index (κ1) is 12.9. The van der Waals surface area contributed by atoms with Crippen LogP contribution in [0.25, 0.3) is 0 Å². The zero-order valence-corrected chi connectivity index (χ0v) is 10.5. The van der Waals surface area contributed by atoms with Crippen molar-refractivity contribution >= 4 is 34.8 Å². The van der Waals surface area contributed by atoms with Crippen LogP contribution in [0, 0.1) is 0 Å². The Labute approximate surface area is 104 Å². The van der Waals surface area contributed by atoms with Crippen LogP contribution in [0.2, 0.25) is 15.1 Å². The molecule has 0 saturated carbocycles. The van der Waals surface area contributed by atoms with E-state index in [-0.39, 0.29) is 6.04 Å². The maximum atomic E-state index is 5.93. The van der Waals surface area contributed by atoms with Crippen LogP contribution in [-0.2, 0) is 0 Å². The third-order valence-electron chi connectivity index (χ3n) is 1.93. The van der Waals surface area contributed by atoms with Crippen molar-refractivity contribution in [3.8, 4) is 5.75 Å². The molecule has 0 bridgehead atoms. The van der Waals surface area contributed by atoms with E-state index in [2.05, 4.69) is 0 Å². The second-order valence-corrected chi connectivity index (χ2v) is 4.43. The predicted molar refractivity (Wildman–Crippen MR) is 65.2 cm³/mol. The Morgan fingerprint density at radius 2 is 1.80 bits per heavy atom. The van der Waals surface area contributed by atoms with Gasteiger partial charge in [0.2, 0.25) is 0 Å². The molecular formula is C10H12Cl3NO. The molecule has 1 aromatic rings. The van der Waals surface area contributed by atoms with E-state index in [0.29, 0.717) is 27.4 Å². The minimum atomic E-state index is -0.0205. The van der Waals surface area contributed by atoms with E-state index in [4.69, 9.17) is 45.3 Å². The average Bonchev–Trinajstić information content (AvgIpc) is 2.15. The standard InChI is InChI=1S/C10H12Cl3NO/c1-2-7(14)5-15-10-8(12)3-6(11)4-9(10)13/h3-4,7H,2,5,14H2,1H3. The minimum absolute atomic E-state index is 0.0205. The summed E-state index contributed by atoms with van der Waals surface area (Å²) in [5.41, 5.74) is 5.71. The van der Waals surface area contributed by atoms with Gasteiger partial charge in [0.15, 0.2) is 5.75 Å². The summed E-state index contributed by atoms with van der Waals surface area (Å²) in [4.78, 5) is 0. The van der Waals surface area contributed by atoms with Crippen LogP contribution in [-0.4, -0.2) is 12.6 Å². The molecule has 1 atom stereocenters. The van der Waals surface area contributed by atoms with Gasteiger partial charge in [-0.3, -0.25) is 0 Å². The van der Waals surface area contributed by atoms with Crippen LogP contribution >= 0.6 is 34.8 Å². The molecule has 0 spiro atoms. The van der Waals surface area contributed by atoms with Crippen LogP contribution in [0.4, 0.5) is 0 Å². The number of benzene rings is 1. The normalized spacial score (nSPS) is 12.6. The Bertz CT molecular complexity index is 320. The van der Waals surface area contributed by atoms with Gasteiger partial charge in [-0.15, -0.1) is 0 Å². The molecule has 0 aliphatic rings. The van der Waals surface area contributed by atoms with Gasteiger partial charge < -0.3 is 10.5 Å². The first-order chi connectivity index (χ1) is 7.04. The molecule has 0 radical (unpaired) electrons. The Kier molecular flexibility index (Phi) is 5.00. The highest BCUT2D eigenvalue weighted by Gasteiger charge is 2.10. The van der Waals surface area contributed by atoms with Crippen molar-refractivity contribution in [2.24, 2.45) is 5.73 Å². The fourth-order valence-electron chi connectivity index (χ4n) is 0.975. The van der Waals surface area contributed by atoms with Gasteiger partial charge in [0.05, 0.1) is 10.0 Å². The molecule has 0 saturated heterocycles. The van der Waals surface area contributed by atoms with Crippen LogP contribution in [0.5, 0.6) is 5.75 Å². The molecule has 2 nitrogen and oxygen atoms in total. The Balaban J connectivity index is 2.77. The highest BCUT2D eigenvalue weighted by molar-refractivity contribution is 6.40. The number of rotatable bonds is 4. The van der Waals surface area contributed by atoms with E-state index < -0.39 is 0 Å². The maximum absolute atomic E-state index is 5.93. The Hall–Kier alpha value is -0.150. The van der Waals surface area contributed by atoms with E-state index in [1.807, 2.05) is 6.92 Å². The van der Waals surface area contributed by atoms with E-state index in [9.17, 15) is 0 Å². The van der Waals surface area contributed by atoms with Gasteiger partial charge in [-0.25, -0.2) is 0 Å². The SMILES string of the molecule is CCC(N)COc1c(Cl)cc(Cl)cc1Cl. The lowest BCUT2D eigenvalue weighted by molar-refractivity contribution is 0.286. The fraction of sp³-hybridized carbons (Fsp3) is 0.400. The van der Waals surface area contributed by atoms with Crippen molar-refractivity contribution in [3.63, 3.8) is 0 Å². The number of ether oxygens (including phenoxy) is 1. The molecule has 0 fully saturated rings. The molecule has 84 valence electrons. The molecule has 0 aliphatic carbocycles. The third kappa shape index (κ3) is 3.72. The summed E-state index contributed by atoms with van der Waals surface area (Å²) in [5, 5.41) is 1.28. The first-order valence-corrected chi connectivity index (χ1v) is 5.71. The smallest absolute Gasteiger partial charge is 0.156 e. The number of hydrogen-bond acceptors (Lipinski definition) is 2. The lowest BCUT2D eigenvalue weighted by Gasteiger charge is -2.13. The highest BCUT2D eigenvalue weighted by atomic mass is 35.5. The molecule has 0 amide bonds. The second kappa shape index (κ2) is 5.80. The van der Waals surface area contributed by atoms with E-state index in [1.54, 1.807) is 12.1 Å². The summed E-state index contributed by atoms with van der Waals surface area (Å²) < 4.78 is 5.43. The topological polar surface area (TPSA) is 35.2 Å². The summed E-state index contributed by atoms with van der Waals surface area (Å²) in [7, 11) is 0. The lowest BCUT2D eigenvalue weighted by atomic mass is 10.2. The number of halogens is 3. The van der Waals surface area contributed by atoms with Crippen molar-refractivity contribution in [1.29, 1.82) is 0 Å². The zero-order chi connectivity index (χ0) is 11.4. The third-order valence-corrected chi connectivity index (χ3v) is 2.71. The van der Waals surface area contributed by atoms with Crippen LogP contribution < -0.4 is 10.5 Å². The summed E-state index contributed by atoms with van der Waals surface area (Å²) in [5.74, 6) is 0.437. The molecule has 1 unspecified atom stereocenters. The van der Waals surface area contributed by atoms with Crippen molar-refractivity contribution < 1.29 is 4.74 Å². The van der Waals surface area contributed by atoms with E-state index in [1.165, 1.54) is 0 Å². The van der Waals surface area contributed by atoms with Gasteiger partial charge in [-0.1, -0.05) is 41.7 Å². The summed E-state index contributed by atoms with van der Waals surface area (Å²) >= 11 is 17.6. The van der Waals surface area contributed by atoms with Crippen molar-refractivity contribution in [1.82, 2.24) is 0 Å². The molecule has 0 aromatic heterocycles. The second-order valence-electron chi connectivity index (χ2n) is 3.18. The minimum Gasteiger partial charge on any atom is -0.489 e. The van der Waals surface area contributed by atoms with Gasteiger partial charge in [-0.05, 0) is 18.6 Å². The quantitative estimate of drug-likeness (QED) is 0.902. The van der Waals surface area contributed by atoms with E-state index >= 15 is 0 Å². The maximum Gasteiger partial charge on any atom is 0.156 e. The van der Waals surface area contributed by atoms with Crippen molar-refractivity contribution in [2.75, 3.05) is 6.61 Å². The first-order valence-electron chi connectivity index (χ1n) is 4.57. The van der Waals surface area contributed by atoms with Crippen LogP contribution in [0.3, 0.4) is 0 Å². The predicted octanol–water partition coefficient (Wildman–Crippen LogP) is 3.76.